The average molecular weight is 450 g/mol. The van der Waals surface area contributed by atoms with Crippen molar-refractivity contribution < 1.29 is 48.2 Å². The topological polar surface area (TPSA) is 130 Å². The lowest BCUT2D eigenvalue weighted by atomic mass is 10.1. The maximum Gasteiger partial charge on any atom is 0.335 e. The van der Waals surface area contributed by atoms with Gasteiger partial charge >= 0.3 is 11.9 Å². The van der Waals surface area contributed by atoms with Crippen LogP contribution >= 0.6 is 0 Å². The SMILES string of the molecule is COc1cc(/C=C/C(=O)O)cc(OC)c1OC.COc1cc(C(=O)O)cc(OC)c1OC. The first-order chi connectivity index (χ1) is 15.3. The molecule has 2 N–H and O–H groups in total. The molecule has 0 aromatic heterocycles. The second kappa shape index (κ2) is 12.6. The minimum Gasteiger partial charge on any atom is -0.493 e. The smallest absolute Gasteiger partial charge is 0.335 e. The molecule has 0 bridgehead atoms. The van der Waals surface area contributed by atoms with Gasteiger partial charge in [-0.05, 0) is 35.9 Å². The Morgan fingerprint density at radius 1 is 0.656 bits per heavy atom. The van der Waals surface area contributed by atoms with E-state index in [-0.39, 0.29) is 5.56 Å². The molecule has 2 aromatic carbocycles. The molecule has 2 rings (SSSR count). The summed E-state index contributed by atoms with van der Waals surface area (Å²) in [4.78, 5) is 21.2. The lowest BCUT2D eigenvalue weighted by molar-refractivity contribution is -0.131. The molecule has 0 spiro atoms. The fraction of sp³-hybridized carbons (Fsp3) is 0.273. The van der Waals surface area contributed by atoms with E-state index in [1.165, 1.54) is 60.9 Å². The van der Waals surface area contributed by atoms with E-state index in [1.807, 2.05) is 0 Å². The Morgan fingerprint density at radius 3 is 1.31 bits per heavy atom. The number of benzene rings is 2. The maximum absolute atomic E-state index is 10.8. The molecule has 2 aromatic rings. The number of hydrogen-bond acceptors (Lipinski definition) is 8. The minimum atomic E-state index is -1.05. The zero-order chi connectivity index (χ0) is 24.3. The van der Waals surface area contributed by atoms with E-state index in [0.29, 0.717) is 40.1 Å². The average Bonchev–Trinajstić information content (AvgIpc) is 2.80. The highest BCUT2D eigenvalue weighted by Gasteiger charge is 2.16. The molecule has 0 fully saturated rings. The highest BCUT2D eigenvalue weighted by atomic mass is 16.5. The Morgan fingerprint density at radius 2 is 1.03 bits per heavy atom. The fourth-order valence-corrected chi connectivity index (χ4v) is 2.57. The Labute approximate surface area is 185 Å². The maximum atomic E-state index is 10.8. The van der Waals surface area contributed by atoms with Crippen LogP contribution in [-0.4, -0.2) is 64.8 Å². The van der Waals surface area contributed by atoms with Crippen LogP contribution in [0, 0.1) is 0 Å². The largest absolute Gasteiger partial charge is 0.493 e. The summed E-state index contributed by atoms with van der Waals surface area (Å²) in [6.07, 6.45) is 2.49. The summed E-state index contributed by atoms with van der Waals surface area (Å²) in [5.74, 6) is 0.415. The monoisotopic (exact) mass is 450 g/mol. The molecule has 0 heterocycles. The van der Waals surface area contributed by atoms with Crippen molar-refractivity contribution in [2.45, 2.75) is 0 Å². The van der Waals surface area contributed by atoms with E-state index in [1.54, 1.807) is 12.1 Å². The van der Waals surface area contributed by atoms with Crippen LogP contribution in [0.5, 0.6) is 34.5 Å². The summed E-state index contributed by atoms with van der Waals surface area (Å²) < 4.78 is 30.5. The Balaban J connectivity index is 0.000000323. The van der Waals surface area contributed by atoms with E-state index < -0.39 is 11.9 Å². The van der Waals surface area contributed by atoms with E-state index in [0.717, 1.165) is 6.08 Å². The molecule has 0 saturated carbocycles. The normalized spacial score (nSPS) is 9.94. The van der Waals surface area contributed by atoms with Crippen molar-refractivity contribution >= 4 is 18.0 Å². The van der Waals surface area contributed by atoms with Crippen LogP contribution in [0.3, 0.4) is 0 Å². The molecule has 10 heteroatoms. The van der Waals surface area contributed by atoms with Crippen LogP contribution in [0.4, 0.5) is 0 Å². The number of carboxylic acids is 2. The van der Waals surface area contributed by atoms with E-state index in [4.69, 9.17) is 38.6 Å². The van der Waals surface area contributed by atoms with Crippen LogP contribution in [0.15, 0.2) is 30.3 Å². The van der Waals surface area contributed by atoms with Crippen molar-refractivity contribution in [1.29, 1.82) is 0 Å². The number of rotatable bonds is 9. The van der Waals surface area contributed by atoms with Gasteiger partial charge in [-0.15, -0.1) is 0 Å². The van der Waals surface area contributed by atoms with Crippen LogP contribution in [-0.2, 0) is 4.79 Å². The summed E-state index contributed by atoms with van der Waals surface area (Å²) in [5.41, 5.74) is 0.742. The predicted octanol–water partition coefficient (Wildman–Crippen LogP) is 3.22. The molecule has 0 unspecified atom stereocenters. The fourth-order valence-electron chi connectivity index (χ4n) is 2.57. The molecule has 0 saturated heterocycles. The van der Waals surface area contributed by atoms with Crippen molar-refractivity contribution in [1.82, 2.24) is 0 Å². The van der Waals surface area contributed by atoms with E-state index >= 15 is 0 Å². The van der Waals surface area contributed by atoms with Gasteiger partial charge in [0.15, 0.2) is 23.0 Å². The molecular weight excluding hydrogens is 424 g/mol. The van der Waals surface area contributed by atoms with Crippen molar-refractivity contribution in [3.63, 3.8) is 0 Å². The quantitative estimate of drug-likeness (QED) is 0.549. The highest BCUT2D eigenvalue weighted by molar-refractivity contribution is 5.89. The minimum absolute atomic E-state index is 0.0875. The van der Waals surface area contributed by atoms with Crippen molar-refractivity contribution in [3.05, 3.63) is 41.5 Å². The van der Waals surface area contributed by atoms with Gasteiger partial charge in [-0.1, -0.05) is 0 Å². The standard InChI is InChI=1S/C12H14O5.C10H12O5/c1-15-9-6-8(4-5-11(13)14)7-10(16-2)12(9)17-3;1-13-7-4-6(10(11)12)5-8(14-2)9(7)15-3/h4-7H,1-3H3,(H,13,14);4-5H,1-3H3,(H,11,12)/b5-4+;. The summed E-state index contributed by atoms with van der Waals surface area (Å²) in [6, 6.07) is 6.09. The number of ether oxygens (including phenoxy) is 6. The lowest BCUT2D eigenvalue weighted by Gasteiger charge is -2.12. The summed E-state index contributed by atoms with van der Waals surface area (Å²) in [7, 11) is 8.84. The van der Waals surface area contributed by atoms with Gasteiger partial charge in [0.1, 0.15) is 0 Å². The van der Waals surface area contributed by atoms with E-state index in [9.17, 15) is 9.59 Å². The number of aromatic carboxylic acids is 1. The zero-order valence-electron chi connectivity index (χ0n) is 18.6. The van der Waals surface area contributed by atoms with Crippen molar-refractivity contribution in [2.24, 2.45) is 0 Å². The number of carbonyl (C=O) groups is 2. The number of carboxylic acid groups (broad SMARTS) is 2. The van der Waals surface area contributed by atoms with Gasteiger partial charge in [-0.3, -0.25) is 0 Å². The molecule has 32 heavy (non-hydrogen) atoms. The molecule has 0 atom stereocenters. The van der Waals surface area contributed by atoms with Gasteiger partial charge in [-0.25, -0.2) is 9.59 Å². The number of hydrogen-bond donors (Lipinski definition) is 2. The third kappa shape index (κ3) is 6.73. The first kappa shape index (κ1) is 26.0. The highest BCUT2D eigenvalue weighted by Crippen LogP contribution is 2.39. The first-order valence-electron chi connectivity index (χ1n) is 9.00. The molecule has 0 aliphatic heterocycles. The Bertz CT molecular complexity index is 915. The molecule has 174 valence electrons. The van der Waals surface area contributed by atoms with Gasteiger partial charge in [0.25, 0.3) is 0 Å². The molecule has 0 amide bonds. The third-order valence-electron chi connectivity index (χ3n) is 4.02. The molecule has 0 radical (unpaired) electrons. The van der Waals surface area contributed by atoms with Gasteiger partial charge in [0, 0.05) is 6.08 Å². The zero-order valence-corrected chi connectivity index (χ0v) is 18.6. The second-order valence-corrected chi connectivity index (χ2v) is 5.85. The van der Waals surface area contributed by atoms with Crippen molar-refractivity contribution in [3.8, 4) is 34.5 Å². The Hall–Kier alpha value is -4.08. The van der Waals surface area contributed by atoms with Crippen LogP contribution < -0.4 is 28.4 Å². The van der Waals surface area contributed by atoms with E-state index in [2.05, 4.69) is 0 Å². The van der Waals surface area contributed by atoms with Gasteiger partial charge < -0.3 is 38.6 Å². The van der Waals surface area contributed by atoms with Gasteiger partial charge in [-0.2, -0.15) is 0 Å². The number of methoxy groups -OCH3 is 6. The predicted molar refractivity (Wildman–Crippen MR) is 116 cm³/mol. The molecule has 0 aliphatic carbocycles. The number of aliphatic carboxylic acids is 1. The summed E-state index contributed by atoms with van der Waals surface area (Å²) >= 11 is 0. The summed E-state index contributed by atoms with van der Waals surface area (Å²) in [6.45, 7) is 0. The van der Waals surface area contributed by atoms with Crippen LogP contribution in [0.25, 0.3) is 6.08 Å². The molecule has 10 nitrogen and oxygen atoms in total. The van der Waals surface area contributed by atoms with Gasteiger partial charge in [0.05, 0.1) is 48.2 Å². The third-order valence-corrected chi connectivity index (χ3v) is 4.02. The molecular formula is C22H26O10. The Kier molecular flexibility index (Phi) is 10.2. The second-order valence-electron chi connectivity index (χ2n) is 5.85. The van der Waals surface area contributed by atoms with Crippen LogP contribution in [0.1, 0.15) is 15.9 Å². The van der Waals surface area contributed by atoms with Crippen LogP contribution in [0.2, 0.25) is 0 Å². The first-order valence-corrected chi connectivity index (χ1v) is 9.00. The van der Waals surface area contributed by atoms with Gasteiger partial charge in [0.2, 0.25) is 11.5 Å². The molecule has 0 aliphatic rings. The lowest BCUT2D eigenvalue weighted by Crippen LogP contribution is -2.01. The van der Waals surface area contributed by atoms with Crippen molar-refractivity contribution in [2.75, 3.05) is 42.7 Å². The summed E-state index contributed by atoms with van der Waals surface area (Å²) in [5, 5.41) is 17.4.